The fraction of sp³-hybridized carbons (Fsp3) is 0.778. The summed E-state index contributed by atoms with van der Waals surface area (Å²) in [4.78, 5) is 0. The lowest BCUT2D eigenvalue weighted by Gasteiger charge is -2.46. The van der Waals surface area contributed by atoms with Crippen LogP contribution in [-0.2, 0) is 15.8 Å². The third-order valence-electron chi connectivity index (χ3n) is 5.99. The van der Waals surface area contributed by atoms with Crippen molar-refractivity contribution in [3.63, 3.8) is 0 Å². The number of rotatable bonds is 17. The van der Waals surface area contributed by atoms with Gasteiger partial charge in [0.15, 0.2) is 14.8 Å². The molecule has 30 heavy (non-hydrogen) atoms. The first-order valence-electron chi connectivity index (χ1n) is 12.7. The Morgan fingerprint density at radius 3 is 1.70 bits per heavy atom. The van der Waals surface area contributed by atoms with Crippen LogP contribution in [-0.4, -0.2) is 14.8 Å². The molecule has 1 aromatic carbocycles. The van der Waals surface area contributed by atoms with Gasteiger partial charge in [-0.3, -0.25) is 0 Å². The Labute approximate surface area is 189 Å². The van der Waals surface area contributed by atoms with Gasteiger partial charge in [0.1, 0.15) is 0 Å². The maximum atomic E-state index is 6.63. The number of unbranched alkanes of at least 4 members (excludes halogenated alkanes) is 10. The minimum absolute atomic E-state index is 0.0441. The molecule has 0 aromatic heterocycles. The summed E-state index contributed by atoms with van der Waals surface area (Å²) >= 11 is 0. The molecule has 0 aliphatic heterocycles. The fourth-order valence-electron chi connectivity index (χ4n) is 4.11. The Hall–Kier alpha value is -0.643. The van der Waals surface area contributed by atoms with E-state index >= 15 is 0 Å². The second-order valence-electron chi connectivity index (χ2n) is 10.2. The van der Waals surface area contributed by atoms with E-state index in [-0.39, 0.29) is 5.41 Å². The van der Waals surface area contributed by atoms with Gasteiger partial charge in [-0.1, -0.05) is 122 Å². The minimum atomic E-state index is -1.23. The smallest absolute Gasteiger partial charge is 0.174 e. The number of hydrogen-bond donors (Lipinski definition) is 0. The zero-order valence-electron chi connectivity index (χ0n) is 21.0. The molecule has 0 saturated heterocycles. The van der Waals surface area contributed by atoms with Crippen LogP contribution >= 0.6 is 0 Å². The predicted octanol–water partition coefficient (Wildman–Crippen LogP) is 8.65. The van der Waals surface area contributed by atoms with Crippen LogP contribution in [0.5, 0.6) is 0 Å². The average molecular weight is 435 g/mol. The third kappa shape index (κ3) is 11.1. The van der Waals surface area contributed by atoms with Crippen molar-refractivity contribution < 1.29 is 9.16 Å². The van der Waals surface area contributed by atoms with E-state index < -0.39 is 14.8 Å². The van der Waals surface area contributed by atoms with Gasteiger partial charge in [-0.2, -0.15) is 0 Å². The normalized spacial score (nSPS) is 14.2. The number of hydrogen-bond acceptors (Lipinski definition) is 2. The van der Waals surface area contributed by atoms with E-state index in [9.17, 15) is 0 Å². The van der Waals surface area contributed by atoms with E-state index in [1.807, 2.05) is 0 Å². The summed E-state index contributed by atoms with van der Waals surface area (Å²) in [5.74, 6) is -0.484. The van der Waals surface area contributed by atoms with Crippen molar-refractivity contribution in [1.82, 2.24) is 0 Å². The lowest BCUT2D eigenvalue weighted by Crippen LogP contribution is -2.50. The summed E-state index contributed by atoms with van der Waals surface area (Å²) < 4.78 is 13.2. The van der Waals surface area contributed by atoms with Crippen molar-refractivity contribution in [2.24, 2.45) is 5.41 Å². The lowest BCUT2D eigenvalue weighted by molar-refractivity contribution is -0.256. The second-order valence-corrected chi connectivity index (χ2v) is 12.6. The van der Waals surface area contributed by atoms with Crippen LogP contribution in [0.2, 0.25) is 13.1 Å². The first kappa shape index (κ1) is 27.4. The van der Waals surface area contributed by atoms with Crippen molar-refractivity contribution in [3.8, 4) is 0 Å². The maximum Gasteiger partial charge on any atom is 0.174 e. The zero-order valence-corrected chi connectivity index (χ0v) is 22.1. The summed E-state index contributed by atoms with van der Waals surface area (Å²) in [5.41, 5.74) is 1.18. The summed E-state index contributed by atoms with van der Waals surface area (Å²) in [6, 6.07) is 10.5. The Morgan fingerprint density at radius 2 is 1.23 bits per heavy atom. The minimum Gasteiger partial charge on any atom is -0.393 e. The molecule has 0 saturated carbocycles. The van der Waals surface area contributed by atoms with Crippen LogP contribution in [0.3, 0.4) is 0 Å². The van der Waals surface area contributed by atoms with Gasteiger partial charge in [0, 0.05) is 11.8 Å². The molecule has 0 bridgehead atoms. The summed E-state index contributed by atoms with van der Waals surface area (Å²) in [6.45, 7) is 14.2. The Bertz CT molecular complexity index is 523. The van der Waals surface area contributed by atoms with Crippen molar-refractivity contribution in [3.05, 3.63) is 35.9 Å². The highest BCUT2D eigenvalue weighted by molar-refractivity contribution is 6.48. The van der Waals surface area contributed by atoms with E-state index in [1.165, 1.54) is 76.2 Å². The summed E-state index contributed by atoms with van der Waals surface area (Å²) in [7, 11) is -1.23. The Balaban J connectivity index is 2.45. The van der Waals surface area contributed by atoms with Gasteiger partial charge in [0.25, 0.3) is 0 Å². The highest BCUT2D eigenvalue weighted by atomic mass is 28.3. The standard InChI is InChI=1S/C27H50O2Si/c1-7-8-9-10-11-12-13-14-15-16-20-23-27(26(2,3)4,29-30(5)6)28-24-25-21-18-17-19-22-25/h17-19,21-22,30H,7-16,20,23-24H2,1-6H3. The molecule has 0 radical (unpaired) electrons. The van der Waals surface area contributed by atoms with E-state index in [1.54, 1.807) is 0 Å². The SMILES string of the molecule is CCCCCCCCCCCCCC(OCc1ccccc1)(O[SiH](C)C)C(C)(C)C. The molecule has 3 heteroatoms. The van der Waals surface area contributed by atoms with Gasteiger partial charge in [-0.25, -0.2) is 0 Å². The molecule has 0 heterocycles. The highest BCUT2D eigenvalue weighted by Crippen LogP contribution is 2.40. The number of ether oxygens (including phenoxy) is 1. The second kappa shape index (κ2) is 15.2. The van der Waals surface area contributed by atoms with Crippen LogP contribution in [0.25, 0.3) is 0 Å². The fourth-order valence-corrected chi connectivity index (χ4v) is 5.41. The highest BCUT2D eigenvalue weighted by Gasteiger charge is 2.44. The molecule has 1 rings (SSSR count). The molecule has 2 nitrogen and oxygen atoms in total. The molecule has 0 aliphatic rings. The monoisotopic (exact) mass is 434 g/mol. The molecular formula is C27H50O2Si. The van der Waals surface area contributed by atoms with Gasteiger partial charge in [0.05, 0.1) is 6.61 Å². The molecule has 1 unspecified atom stereocenters. The average Bonchev–Trinajstić information content (AvgIpc) is 2.69. The number of benzene rings is 1. The molecule has 0 aliphatic carbocycles. The first-order valence-corrected chi connectivity index (χ1v) is 15.4. The first-order chi connectivity index (χ1) is 14.3. The molecule has 1 aromatic rings. The molecule has 1 atom stereocenters. The largest absolute Gasteiger partial charge is 0.393 e. The molecular weight excluding hydrogens is 384 g/mol. The molecule has 0 amide bonds. The van der Waals surface area contributed by atoms with Crippen molar-refractivity contribution in [2.75, 3.05) is 0 Å². The van der Waals surface area contributed by atoms with Gasteiger partial charge in [0.2, 0.25) is 0 Å². The molecule has 0 N–H and O–H groups in total. The van der Waals surface area contributed by atoms with Crippen molar-refractivity contribution in [1.29, 1.82) is 0 Å². The Kier molecular flexibility index (Phi) is 13.9. The van der Waals surface area contributed by atoms with Crippen LogP contribution < -0.4 is 0 Å². The van der Waals surface area contributed by atoms with Gasteiger partial charge < -0.3 is 9.16 Å². The topological polar surface area (TPSA) is 18.5 Å². The predicted molar refractivity (Wildman–Crippen MR) is 134 cm³/mol. The Morgan fingerprint density at radius 1 is 0.733 bits per heavy atom. The molecule has 0 fully saturated rings. The van der Waals surface area contributed by atoms with E-state index in [0.717, 1.165) is 6.42 Å². The van der Waals surface area contributed by atoms with Gasteiger partial charge >= 0.3 is 0 Å². The van der Waals surface area contributed by atoms with E-state index in [4.69, 9.17) is 9.16 Å². The van der Waals surface area contributed by atoms with Gasteiger partial charge in [-0.15, -0.1) is 0 Å². The van der Waals surface area contributed by atoms with E-state index in [0.29, 0.717) is 6.61 Å². The zero-order chi connectivity index (χ0) is 22.3. The lowest BCUT2D eigenvalue weighted by atomic mass is 9.82. The third-order valence-corrected chi connectivity index (χ3v) is 6.85. The van der Waals surface area contributed by atoms with Crippen molar-refractivity contribution in [2.45, 2.75) is 130 Å². The van der Waals surface area contributed by atoms with Crippen LogP contribution in [0.1, 0.15) is 110 Å². The van der Waals surface area contributed by atoms with Crippen LogP contribution in [0, 0.1) is 5.41 Å². The summed E-state index contributed by atoms with van der Waals surface area (Å²) in [5, 5.41) is 0. The summed E-state index contributed by atoms with van der Waals surface area (Å²) in [6.07, 6.45) is 16.0. The van der Waals surface area contributed by atoms with Crippen LogP contribution in [0.4, 0.5) is 0 Å². The van der Waals surface area contributed by atoms with Crippen LogP contribution in [0.15, 0.2) is 30.3 Å². The molecule has 0 spiro atoms. The quantitative estimate of drug-likeness (QED) is 0.139. The van der Waals surface area contributed by atoms with Crippen molar-refractivity contribution >= 4 is 9.04 Å². The molecule has 174 valence electrons. The van der Waals surface area contributed by atoms with E-state index in [2.05, 4.69) is 71.1 Å². The maximum absolute atomic E-state index is 6.63. The van der Waals surface area contributed by atoms with Gasteiger partial charge in [-0.05, 0) is 25.1 Å².